The van der Waals surface area contributed by atoms with E-state index in [1.807, 2.05) is 0 Å². The molecule has 1 N–H and O–H groups in total. The Bertz CT molecular complexity index is 264. The van der Waals surface area contributed by atoms with Crippen LogP contribution in [0.1, 0.15) is 39.0 Å². The fourth-order valence-electron chi connectivity index (χ4n) is 2.84. The van der Waals surface area contributed by atoms with E-state index in [2.05, 4.69) is 0 Å². The van der Waals surface area contributed by atoms with Crippen LogP contribution in [0.2, 0.25) is 0 Å². The lowest BCUT2D eigenvalue weighted by Crippen LogP contribution is -2.60. The van der Waals surface area contributed by atoms with Crippen molar-refractivity contribution < 1.29 is 19.4 Å². The molecule has 92 valence electrons. The molecule has 2 rings (SSSR count). The summed E-state index contributed by atoms with van der Waals surface area (Å²) in [4.78, 5) is 12.1. The first-order valence-electron chi connectivity index (χ1n) is 6.12. The fraction of sp³-hybridized carbons (Fsp3) is 0.917. The molecule has 1 saturated carbocycles. The van der Waals surface area contributed by atoms with Gasteiger partial charge in [-0.2, -0.15) is 0 Å². The van der Waals surface area contributed by atoms with Crippen LogP contribution in [-0.4, -0.2) is 36.5 Å². The number of hydrogen-bond acceptors (Lipinski definition) is 4. The minimum absolute atomic E-state index is 0.236. The van der Waals surface area contributed by atoms with Crippen molar-refractivity contribution in [3.8, 4) is 0 Å². The van der Waals surface area contributed by atoms with E-state index in [1.165, 1.54) is 0 Å². The second-order valence-electron chi connectivity index (χ2n) is 4.80. The van der Waals surface area contributed by atoms with E-state index in [0.29, 0.717) is 45.5 Å². The third-order valence-electron chi connectivity index (χ3n) is 4.08. The molecule has 0 unspecified atom stereocenters. The maximum absolute atomic E-state index is 12.1. The number of hydrogen-bond donors (Lipinski definition) is 1. The Balaban J connectivity index is 2.20. The second kappa shape index (κ2) is 4.34. The van der Waals surface area contributed by atoms with Crippen LogP contribution in [-0.2, 0) is 14.3 Å². The monoisotopic (exact) mass is 228 g/mol. The number of ether oxygens (including phenoxy) is 2. The summed E-state index contributed by atoms with van der Waals surface area (Å²) in [5.74, 6) is -0.236. The molecular weight excluding hydrogens is 208 g/mol. The molecule has 0 aromatic carbocycles. The number of esters is 1. The van der Waals surface area contributed by atoms with Gasteiger partial charge in [-0.3, -0.25) is 4.79 Å². The van der Waals surface area contributed by atoms with Gasteiger partial charge in [0.2, 0.25) is 0 Å². The quantitative estimate of drug-likeness (QED) is 0.739. The molecule has 4 heteroatoms. The highest BCUT2D eigenvalue weighted by atomic mass is 16.5. The van der Waals surface area contributed by atoms with Crippen LogP contribution in [0.5, 0.6) is 0 Å². The van der Waals surface area contributed by atoms with E-state index in [9.17, 15) is 9.90 Å². The second-order valence-corrected chi connectivity index (χ2v) is 4.80. The number of carbonyl (C=O) groups is 1. The fourth-order valence-corrected chi connectivity index (χ4v) is 2.84. The van der Waals surface area contributed by atoms with Crippen LogP contribution in [0.15, 0.2) is 0 Å². The Morgan fingerprint density at radius 2 is 1.94 bits per heavy atom. The van der Waals surface area contributed by atoms with E-state index in [1.54, 1.807) is 6.92 Å². The summed E-state index contributed by atoms with van der Waals surface area (Å²) < 4.78 is 10.5. The van der Waals surface area contributed by atoms with Crippen molar-refractivity contribution in [3.05, 3.63) is 0 Å². The molecule has 0 spiro atoms. The predicted molar refractivity (Wildman–Crippen MR) is 57.9 cm³/mol. The molecule has 0 aromatic rings. The van der Waals surface area contributed by atoms with Gasteiger partial charge in [-0.25, -0.2) is 0 Å². The highest BCUT2D eigenvalue weighted by Gasteiger charge is 2.59. The lowest BCUT2D eigenvalue weighted by Gasteiger charge is -2.52. The summed E-state index contributed by atoms with van der Waals surface area (Å²) in [7, 11) is 0. The van der Waals surface area contributed by atoms with E-state index >= 15 is 0 Å². The lowest BCUT2D eigenvalue weighted by molar-refractivity contribution is -0.205. The number of carbonyl (C=O) groups excluding carboxylic acids is 1. The van der Waals surface area contributed by atoms with Gasteiger partial charge in [0.15, 0.2) is 0 Å². The molecule has 2 aliphatic rings. The molecular formula is C12H20O4. The standard InChI is InChI=1S/C12H20O4/c1-2-16-10(13)11(6-8-15-9-7-11)12(14)4-3-5-12/h14H,2-9H2,1H3. The topological polar surface area (TPSA) is 55.8 Å². The largest absolute Gasteiger partial charge is 0.465 e. The van der Waals surface area contributed by atoms with Crippen molar-refractivity contribution in [1.82, 2.24) is 0 Å². The Kier molecular flexibility index (Phi) is 3.22. The Morgan fingerprint density at radius 3 is 2.38 bits per heavy atom. The molecule has 1 aliphatic carbocycles. The number of aliphatic hydroxyl groups is 1. The molecule has 2 fully saturated rings. The molecule has 1 aliphatic heterocycles. The lowest BCUT2D eigenvalue weighted by atomic mass is 9.58. The van der Waals surface area contributed by atoms with Gasteiger partial charge in [0.1, 0.15) is 5.41 Å². The van der Waals surface area contributed by atoms with Crippen LogP contribution >= 0.6 is 0 Å². The van der Waals surface area contributed by atoms with Gasteiger partial charge < -0.3 is 14.6 Å². The smallest absolute Gasteiger partial charge is 0.315 e. The first-order chi connectivity index (χ1) is 7.65. The van der Waals surface area contributed by atoms with E-state index < -0.39 is 11.0 Å². The van der Waals surface area contributed by atoms with Crippen LogP contribution in [0.3, 0.4) is 0 Å². The minimum atomic E-state index is -0.844. The highest BCUT2D eigenvalue weighted by molar-refractivity contribution is 5.79. The Hall–Kier alpha value is -0.610. The molecule has 16 heavy (non-hydrogen) atoms. The normalized spacial score (nSPS) is 26.9. The van der Waals surface area contributed by atoms with Gasteiger partial charge >= 0.3 is 5.97 Å². The summed E-state index contributed by atoms with van der Waals surface area (Å²) in [6.45, 7) is 3.26. The maximum atomic E-state index is 12.1. The van der Waals surface area contributed by atoms with Crippen molar-refractivity contribution in [1.29, 1.82) is 0 Å². The predicted octanol–water partition coefficient (Wildman–Crippen LogP) is 1.26. The van der Waals surface area contributed by atoms with Gasteiger partial charge in [0.05, 0.1) is 12.2 Å². The van der Waals surface area contributed by atoms with E-state index in [-0.39, 0.29) is 5.97 Å². The first kappa shape index (κ1) is 11.9. The molecule has 1 heterocycles. The molecule has 0 atom stereocenters. The third-order valence-corrected chi connectivity index (χ3v) is 4.08. The summed E-state index contributed by atoms with van der Waals surface area (Å²) in [5.41, 5.74) is -1.55. The van der Waals surface area contributed by atoms with Crippen LogP contribution in [0.25, 0.3) is 0 Å². The van der Waals surface area contributed by atoms with Gasteiger partial charge in [0, 0.05) is 13.2 Å². The molecule has 0 radical (unpaired) electrons. The summed E-state index contributed by atoms with van der Waals surface area (Å²) >= 11 is 0. The summed E-state index contributed by atoms with van der Waals surface area (Å²) in [5, 5.41) is 10.5. The Labute approximate surface area is 95.9 Å². The Morgan fingerprint density at radius 1 is 1.31 bits per heavy atom. The number of rotatable bonds is 3. The summed E-state index contributed by atoms with van der Waals surface area (Å²) in [6, 6.07) is 0. The van der Waals surface area contributed by atoms with Gasteiger partial charge in [-0.05, 0) is 39.0 Å². The van der Waals surface area contributed by atoms with Crippen molar-refractivity contribution in [2.24, 2.45) is 5.41 Å². The zero-order valence-electron chi connectivity index (χ0n) is 9.83. The zero-order chi connectivity index (χ0) is 11.6. The van der Waals surface area contributed by atoms with Crippen molar-refractivity contribution in [3.63, 3.8) is 0 Å². The van der Waals surface area contributed by atoms with Gasteiger partial charge in [-0.1, -0.05) is 0 Å². The summed E-state index contributed by atoms with van der Waals surface area (Å²) in [6.07, 6.45) is 3.60. The van der Waals surface area contributed by atoms with Crippen molar-refractivity contribution in [2.75, 3.05) is 19.8 Å². The molecule has 1 saturated heterocycles. The SMILES string of the molecule is CCOC(=O)C1(C2(O)CCC2)CCOCC1. The van der Waals surface area contributed by atoms with Gasteiger partial charge in [-0.15, -0.1) is 0 Å². The van der Waals surface area contributed by atoms with Crippen LogP contribution < -0.4 is 0 Å². The average molecular weight is 228 g/mol. The van der Waals surface area contributed by atoms with E-state index in [0.717, 1.165) is 6.42 Å². The average Bonchev–Trinajstić information content (AvgIpc) is 2.27. The minimum Gasteiger partial charge on any atom is -0.465 e. The first-order valence-corrected chi connectivity index (χ1v) is 6.12. The van der Waals surface area contributed by atoms with Gasteiger partial charge in [0.25, 0.3) is 0 Å². The van der Waals surface area contributed by atoms with E-state index in [4.69, 9.17) is 9.47 Å². The highest BCUT2D eigenvalue weighted by Crippen LogP contribution is 2.52. The third kappa shape index (κ3) is 1.64. The zero-order valence-corrected chi connectivity index (χ0v) is 9.83. The maximum Gasteiger partial charge on any atom is 0.315 e. The molecule has 0 bridgehead atoms. The van der Waals surface area contributed by atoms with Crippen LogP contribution in [0, 0.1) is 5.41 Å². The molecule has 0 aromatic heterocycles. The van der Waals surface area contributed by atoms with Crippen LogP contribution in [0.4, 0.5) is 0 Å². The van der Waals surface area contributed by atoms with Crippen molar-refractivity contribution in [2.45, 2.75) is 44.6 Å². The molecule has 0 amide bonds. The molecule has 4 nitrogen and oxygen atoms in total. The van der Waals surface area contributed by atoms with Crippen molar-refractivity contribution >= 4 is 5.97 Å².